The fourth-order valence-corrected chi connectivity index (χ4v) is 3.53. The largest absolute Gasteiger partial charge is 0.349 e. The summed E-state index contributed by atoms with van der Waals surface area (Å²) in [5.41, 5.74) is 2.74. The highest BCUT2D eigenvalue weighted by atomic mass is 16.1. The molecular formula is C17H24N2O. The van der Waals surface area contributed by atoms with E-state index in [4.69, 9.17) is 0 Å². The fourth-order valence-electron chi connectivity index (χ4n) is 3.53. The number of amides is 1. The second-order valence-electron chi connectivity index (χ2n) is 6.19. The number of benzene rings is 1. The molecule has 0 bridgehead atoms. The van der Waals surface area contributed by atoms with Crippen LogP contribution < -0.4 is 10.6 Å². The number of fused-ring (bicyclic) bond motifs is 1. The van der Waals surface area contributed by atoms with Crippen molar-refractivity contribution >= 4 is 5.91 Å². The Balaban J connectivity index is 1.72. The second-order valence-corrected chi connectivity index (χ2v) is 6.19. The number of nitrogens with one attached hydrogen (secondary N) is 2. The quantitative estimate of drug-likeness (QED) is 0.869. The van der Waals surface area contributed by atoms with Crippen LogP contribution in [0.3, 0.4) is 0 Å². The van der Waals surface area contributed by atoms with Crippen LogP contribution in [0, 0.1) is 5.92 Å². The molecule has 2 unspecified atom stereocenters. The van der Waals surface area contributed by atoms with Gasteiger partial charge in [0.2, 0.25) is 5.91 Å². The third-order valence-corrected chi connectivity index (χ3v) is 4.82. The van der Waals surface area contributed by atoms with Crippen LogP contribution in [0.4, 0.5) is 0 Å². The van der Waals surface area contributed by atoms with Gasteiger partial charge in [-0.25, -0.2) is 0 Å². The van der Waals surface area contributed by atoms with Gasteiger partial charge in [0.15, 0.2) is 0 Å². The van der Waals surface area contributed by atoms with Gasteiger partial charge in [-0.1, -0.05) is 31.2 Å². The van der Waals surface area contributed by atoms with E-state index in [0.29, 0.717) is 5.92 Å². The summed E-state index contributed by atoms with van der Waals surface area (Å²) in [5.74, 6) is 1.06. The number of hydrogen-bond acceptors (Lipinski definition) is 2. The van der Waals surface area contributed by atoms with E-state index >= 15 is 0 Å². The van der Waals surface area contributed by atoms with Crippen molar-refractivity contribution < 1.29 is 4.79 Å². The minimum Gasteiger partial charge on any atom is -0.349 e. The average molecular weight is 272 g/mol. The number of carbonyl (C=O) groups is 1. The van der Waals surface area contributed by atoms with Crippen LogP contribution >= 0.6 is 0 Å². The Hall–Kier alpha value is -1.35. The lowest BCUT2D eigenvalue weighted by atomic mass is 9.81. The standard InChI is InChI=1S/C17H24N2O/c1-12-6-7-16(15-5-3-2-4-14(12)15)19-17(20)13-8-10-18-11-9-13/h2-5,12-13,16,18H,6-11H2,1H3,(H,19,20). The van der Waals surface area contributed by atoms with Gasteiger partial charge >= 0.3 is 0 Å². The van der Waals surface area contributed by atoms with Crippen LogP contribution in [-0.2, 0) is 4.79 Å². The first-order valence-electron chi connectivity index (χ1n) is 7.85. The maximum absolute atomic E-state index is 12.4. The third kappa shape index (κ3) is 2.73. The van der Waals surface area contributed by atoms with E-state index in [2.05, 4.69) is 41.8 Å². The van der Waals surface area contributed by atoms with Gasteiger partial charge in [-0.2, -0.15) is 0 Å². The molecule has 3 rings (SSSR count). The summed E-state index contributed by atoms with van der Waals surface area (Å²) in [7, 11) is 0. The molecule has 1 fully saturated rings. The predicted molar refractivity (Wildman–Crippen MR) is 80.6 cm³/mol. The monoisotopic (exact) mass is 272 g/mol. The Bertz CT molecular complexity index is 480. The fraction of sp³-hybridized carbons (Fsp3) is 0.588. The van der Waals surface area contributed by atoms with Crippen molar-refractivity contribution in [3.8, 4) is 0 Å². The van der Waals surface area contributed by atoms with Crippen molar-refractivity contribution in [2.24, 2.45) is 5.92 Å². The van der Waals surface area contributed by atoms with E-state index in [1.165, 1.54) is 11.1 Å². The molecule has 1 aliphatic carbocycles. The Morgan fingerprint density at radius 3 is 2.55 bits per heavy atom. The number of rotatable bonds is 2. The molecule has 2 atom stereocenters. The van der Waals surface area contributed by atoms with E-state index in [-0.39, 0.29) is 17.9 Å². The zero-order valence-electron chi connectivity index (χ0n) is 12.2. The maximum atomic E-state index is 12.4. The molecule has 0 aromatic heterocycles. The van der Waals surface area contributed by atoms with Crippen LogP contribution in [0.15, 0.2) is 24.3 Å². The maximum Gasteiger partial charge on any atom is 0.223 e. The third-order valence-electron chi connectivity index (χ3n) is 4.82. The Labute approximate surface area is 121 Å². The van der Waals surface area contributed by atoms with Crippen molar-refractivity contribution in [2.45, 2.75) is 44.6 Å². The minimum absolute atomic E-state index is 0.197. The van der Waals surface area contributed by atoms with Gasteiger partial charge in [0.05, 0.1) is 6.04 Å². The Morgan fingerprint density at radius 1 is 1.10 bits per heavy atom. The first kappa shape index (κ1) is 13.6. The van der Waals surface area contributed by atoms with E-state index in [9.17, 15) is 4.79 Å². The van der Waals surface area contributed by atoms with Crippen LogP contribution in [0.5, 0.6) is 0 Å². The van der Waals surface area contributed by atoms with E-state index in [1.807, 2.05) is 0 Å². The zero-order valence-corrected chi connectivity index (χ0v) is 12.2. The topological polar surface area (TPSA) is 41.1 Å². The molecule has 1 heterocycles. The van der Waals surface area contributed by atoms with Crippen molar-refractivity contribution in [1.82, 2.24) is 10.6 Å². The lowest BCUT2D eigenvalue weighted by Crippen LogP contribution is -2.40. The zero-order chi connectivity index (χ0) is 13.9. The van der Waals surface area contributed by atoms with Gasteiger partial charge in [-0.05, 0) is 55.8 Å². The molecule has 0 saturated carbocycles. The molecule has 0 spiro atoms. The highest BCUT2D eigenvalue weighted by molar-refractivity contribution is 5.79. The summed E-state index contributed by atoms with van der Waals surface area (Å²) < 4.78 is 0. The normalized spacial score (nSPS) is 26.9. The Morgan fingerprint density at radius 2 is 1.80 bits per heavy atom. The number of piperidine rings is 1. The summed E-state index contributed by atoms with van der Waals surface area (Å²) in [5, 5.41) is 6.61. The lowest BCUT2D eigenvalue weighted by molar-refractivity contribution is -0.126. The average Bonchev–Trinajstić information content (AvgIpc) is 2.51. The van der Waals surface area contributed by atoms with Crippen LogP contribution in [0.2, 0.25) is 0 Å². The van der Waals surface area contributed by atoms with Crippen LogP contribution in [-0.4, -0.2) is 19.0 Å². The first-order chi connectivity index (χ1) is 9.75. The first-order valence-corrected chi connectivity index (χ1v) is 7.85. The molecule has 3 heteroatoms. The van der Waals surface area contributed by atoms with Crippen molar-refractivity contribution in [1.29, 1.82) is 0 Å². The molecule has 3 nitrogen and oxygen atoms in total. The minimum atomic E-state index is 0.197. The van der Waals surface area contributed by atoms with Crippen LogP contribution in [0.1, 0.15) is 55.7 Å². The molecule has 2 aliphatic rings. The molecular weight excluding hydrogens is 248 g/mol. The van der Waals surface area contributed by atoms with Crippen molar-refractivity contribution in [2.75, 3.05) is 13.1 Å². The van der Waals surface area contributed by atoms with E-state index < -0.39 is 0 Å². The van der Waals surface area contributed by atoms with Crippen molar-refractivity contribution in [3.05, 3.63) is 35.4 Å². The molecule has 20 heavy (non-hydrogen) atoms. The highest BCUT2D eigenvalue weighted by Crippen LogP contribution is 2.37. The van der Waals surface area contributed by atoms with Crippen LogP contribution in [0.25, 0.3) is 0 Å². The molecule has 0 radical (unpaired) electrons. The predicted octanol–water partition coefficient (Wildman–Crippen LogP) is 2.74. The molecule has 1 aliphatic heterocycles. The summed E-state index contributed by atoms with van der Waals surface area (Å²) in [4.78, 5) is 12.4. The molecule has 1 amide bonds. The number of carbonyl (C=O) groups excluding carboxylic acids is 1. The van der Waals surface area contributed by atoms with E-state index in [0.717, 1.165) is 38.8 Å². The van der Waals surface area contributed by atoms with Gasteiger partial charge in [0, 0.05) is 5.92 Å². The van der Waals surface area contributed by atoms with Crippen molar-refractivity contribution in [3.63, 3.8) is 0 Å². The summed E-state index contributed by atoms with van der Waals surface area (Å²) in [6.07, 6.45) is 4.16. The molecule has 1 aromatic rings. The second kappa shape index (κ2) is 5.96. The molecule has 108 valence electrons. The van der Waals surface area contributed by atoms with Gasteiger partial charge < -0.3 is 10.6 Å². The number of hydrogen-bond donors (Lipinski definition) is 2. The summed E-state index contributed by atoms with van der Waals surface area (Å²) >= 11 is 0. The lowest BCUT2D eigenvalue weighted by Gasteiger charge is -2.32. The SMILES string of the molecule is CC1CCC(NC(=O)C2CCNCC2)c2ccccc21. The smallest absolute Gasteiger partial charge is 0.223 e. The summed E-state index contributed by atoms with van der Waals surface area (Å²) in [6.45, 7) is 4.22. The summed E-state index contributed by atoms with van der Waals surface area (Å²) in [6, 6.07) is 8.79. The van der Waals surface area contributed by atoms with Gasteiger partial charge in [0.1, 0.15) is 0 Å². The molecule has 1 aromatic carbocycles. The highest BCUT2D eigenvalue weighted by Gasteiger charge is 2.28. The molecule has 1 saturated heterocycles. The van der Waals surface area contributed by atoms with Gasteiger partial charge in [-0.3, -0.25) is 4.79 Å². The van der Waals surface area contributed by atoms with Gasteiger partial charge in [-0.15, -0.1) is 0 Å². The van der Waals surface area contributed by atoms with E-state index in [1.54, 1.807) is 0 Å². The van der Waals surface area contributed by atoms with Gasteiger partial charge in [0.25, 0.3) is 0 Å². The Kier molecular flexibility index (Phi) is 4.06. The molecule has 2 N–H and O–H groups in total.